The van der Waals surface area contributed by atoms with Gasteiger partial charge in [0.05, 0.1) is 6.61 Å². The normalized spacial score (nSPS) is 11.7. The SMILES string of the molecule is C[C@@H](Oc1ccc(Oc2nc3ccc(Cl)cc3o2)cc1)C(=O)NOCC=C(Cl)Cl. The van der Waals surface area contributed by atoms with Crippen molar-refractivity contribution in [2.75, 3.05) is 6.61 Å². The number of hydrogen-bond donors (Lipinski definition) is 1. The van der Waals surface area contributed by atoms with Gasteiger partial charge in [0, 0.05) is 11.1 Å². The molecule has 1 N–H and O–H groups in total. The Hall–Kier alpha value is -2.45. The lowest BCUT2D eigenvalue weighted by Crippen LogP contribution is -2.36. The van der Waals surface area contributed by atoms with E-state index in [2.05, 4.69) is 10.5 Å². The molecule has 1 atom stereocenters. The van der Waals surface area contributed by atoms with Gasteiger partial charge in [0.25, 0.3) is 5.91 Å². The van der Waals surface area contributed by atoms with E-state index >= 15 is 0 Å². The number of carbonyl (C=O) groups is 1. The highest BCUT2D eigenvalue weighted by molar-refractivity contribution is 6.55. The first-order valence-corrected chi connectivity index (χ1v) is 9.47. The average Bonchev–Trinajstić information content (AvgIpc) is 3.07. The van der Waals surface area contributed by atoms with Crippen molar-refractivity contribution in [3.8, 4) is 17.6 Å². The maximum absolute atomic E-state index is 11.9. The third-order valence-electron chi connectivity index (χ3n) is 3.54. The second-order valence-corrected chi connectivity index (χ2v) is 7.14. The van der Waals surface area contributed by atoms with Crippen LogP contribution < -0.4 is 15.0 Å². The van der Waals surface area contributed by atoms with Crippen molar-refractivity contribution in [2.24, 2.45) is 0 Å². The Labute approximate surface area is 181 Å². The lowest BCUT2D eigenvalue weighted by molar-refractivity contribution is -0.139. The number of aromatic nitrogens is 1. The van der Waals surface area contributed by atoms with Crippen LogP contribution in [0.15, 0.2) is 57.4 Å². The summed E-state index contributed by atoms with van der Waals surface area (Å²) >= 11 is 16.8. The predicted octanol–water partition coefficient (Wildman–Crippen LogP) is 5.41. The maximum atomic E-state index is 11.9. The molecule has 0 saturated carbocycles. The molecule has 0 aliphatic heterocycles. The molecule has 0 aliphatic rings. The molecule has 7 nitrogen and oxygen atoms in total. The highest BCUT2D eigenvalue weighted by Crippen LogP contribution is 2.28. The zero-order valence-corrected chi connectivity index (χ0v) is 17.3. The molecule has 0 aliphatic carbocycles. The summed E-state index contributed by atoms with van der Waals surface area (Å²) < 4.78 is 16.7. The number of ether oxygens (including phenoxy) is 2. The number of fused-ring (bicyclic) bond motifs is 1. The number of oxazole rings is 1. The van der Waals surface area contributed by atoms with Crippen LogP contribution in [0, 0.1) is 0 Å². The topological polar surface area (TPSA) is 82.8 Å². The van der Waals surface area contributed by atoms with Gasteiger partial charge in [-0.1, -0.05) is 34.8 Å². The van der Waals surface area contributed by atoms with Crippen molar-refractivity contribution in [1.82, 2.24) is 10.5 Å². The summed E-state index contributed by atoms with van der Waals surface area (Å²) in [5, 5.41) is 0.546. The molecule has 2 aromatic carbocycles. The second kappa shape index (κ2) is 9.84. The van der Waals surface area contributed by atoms with Crippen molar-refractivity contribution < 1.29 is 23.5 Å². The van der Waals surface area contributed by atoms with Crippen molar-refractivity contribution in [2.45, 2.75) is 13.0 Å². The van der Waals surface area contributed by atoms with Gasteiger partial charge in [0.1, 0.15) is 21.5 Å². The van der Waals surface area contributed by atoms with Crippen molar-refractivity contribution >= 4 is 51.8 Å². The number of hydroxylamine groups is 1. The Morgan fingerprint density at radius 1 is 1.21 bits per heavy atom. The lowest BCUT2D eigenvalue weighted by Gasteiger charge is -2.14. The Morgan fingerprint density at radius 2 is 1.93 bits per heavy atom. The summed E-state index contributed by atoms with van der Waals surface area (Å²) in [6.45, 7) is 1.62. The standard InChI is InChI=1S/C19H15Cl3N2O5/c1-11(18(25)24-26-9-8-17(21)22)27-13-3-5-14(6-4-13)28-19-23-15-7-2-12(20)10-16(15)29-19/h2-8,10-11H,9H2,1H3,(H,24,25)/t11-/m1/s1. The van der Waals surface area contributed by atoms with Crippen LogP contribution in [0.2, 0.25) is 5.02 Å². The fourth-order valence-electron chi connectivity index (χ4n) is 2.17. The molecule has 1 heterocycles. The van der Waals surface area contributed by atoms with Crippen molar-refractivity contribution in [3.05, 3.63) is 58.1 Å². The number of halogens is 3. The molecule has 0 radical (unpaired) electrons. The number of benzene rings is 2. The molecule has 0 bridgehead atoms. The number of rotatable bonds is 8. The molecule has 10 heteroatoms. The zero-order valence-electron chi connectivity index (χ0n) is 15.0. The highest BCUT2D eigenvalue weighted by atomic mass is 35.5. The minimum Gasteiger partial charge on any atom is -0.481 e. The van der Waals surface area contributed by atoms with Crippen LogP contribution in [-0.2, 0) is 9.63 Å². The van der Waals surface area contributed by atoms with Crippen LogP contribution in [0.5, 0.6) is 17.6 Å². The van der Waals surface area contributed by atoms with Gasteiger partial charge in [-0.15, -0.1) is 0 Å². The minimum absolute atomic E-state index is 0.0366. The summed E-state index contributed by atoms with van der Waals surface area (Å²) in [6.07, 6.45) is 0.685. The fourth-order valence-corrected chi connectivity index (χ4v) is 2.45. The van der Waals surface area contributed by atoms with E-state index in [0.717, 1.165) is 0 Å². The number of nitrogens with zero attached hydrogens (tertiary/aromatic N) is 1. The first-order chi connectivity index (χ1) is 13.9. The van der Waals surface area contributed by atoms with Crippen LogP contribution in [0.3, 0.4) is 0 Å². The van der Waals surface area contributed by atoms with Gasteiger partial charge in [-0.3, -0.25) is 9.63 Å². The van der Waals surface area contributed by atoms with Crippen LogP contribution in [0.4, 0.5) is 0 Å². The average molecular weight is 458 g/mol. The van der Waals surface area contributed by atoms with E-state index in [4.69, 9.17) is 53.5 Å². The second-order valence-electron chi connectivity index (χ2n) is 5.70. The van der Waals surface area contributed by atoms with Crippen LogP contribution in [-0.4, -0.2) is 23.6 Å². The zero-order chi connectivity index (χ0) is 20.8. The third kappa shape index (κ3) is 6.27. The smallest absolute Gasteiger partial charge is 0.400 e. The molecule has 0 fully saturated rings. The maximum Gasteiger partial charge on any atom is 0.400 e. The highest BCUT2D eigenvalue weighted by Gasteiger charge is 2.15. The van der Waals surface area contributed by atoms with Gasteiger partial charge in [-0.05, 0) is 49.4 Å². The Kier molecular flexibility index (Phi) is 7.22. The molecule has 1 amide bonds. The van der Waals surface area contributed by atoms with Crippen LogP contribution in [0.1, 0.15) is 6.92 Å². The van der Waals surface area contributed by atoms with Gasteiger partial charge in [-0.25, -0.2) is 5.48 Å². The number of carbonyl (C=O) groups excluding carboxylic acids is 1. The van der Waals surface area contributed by atoms with Gasteiger partial charge < -0.3 is 13.9 Å². The number of hydrogen-bond acceptors (Lipinski definition) is 6. The predicted molar refractivity (Wildman–Crippen MR) is 110 cm³/mol. The minimum atomic E-state index is -0.793. The van der Waals surface area contributed by atoms with Gasteiger partial charge >= 0.3 is 6.08 Å². The number of nitrogens with one attached hydrogen (secondary N) is 1. The van der Waals surface area contributed by atoms with E-state index in [1.165, 1.54) is 6.08 Å². The summed E-state index contributed by atoms with van der Waals surface area (Å²) in [5.74, 6) is 0.489. The van der Waals surface area contributed by atoms with E-state index in [0.29, 0.717) is 27.6 Å². The molecule has 3 rings (SSSR count). The quantitative estimate of drug-likeness (QED) is 0.360. The molecule has 152 valence electrons. The summed E-state index contributed by atoms with van der Waals surface area (Å²) in [5.41, 5.74) is 3.40. The van der Waals surface area contributed by atoms with Gasteiger partial charge in [0.2, 0.25) is 0 Å². The van der Waals surface area contributed by atoms with Crippen LogP contribution in [0.25, 0.3) is 11.1 Å². The first-order valence-electron chi connectivity index (χ1n) is 8.34. The van der Waals surface area contributed by atoms with E-state index in [-0.39, 0.29) is 17.2 Å². The monoisotopic (exact) mass is 456 g/mol. The van der Waals surface area contributed by atoms with E-state index in [1.807, 2.05) is 0 Å². The summed E-state index contributed by atoms with van der Waals surface area (Å²) in [6, 6.07) is 11.7. The van der Waals surface area contributed by atoms with E-state index in [1.54, 1.807) is 49.4 Å². The molecule has 29 heavy (non-hydrogen) atoms. The molecule has 0 unspecified atom stereocenters. The molecular formula is C19H15Cl3N2O5. The van der Waals surface area contributed by atoms with E-state index in [9.17, 15) is 4.79 Å². The molecular weight excluding hydrogens is 443 g/mol. The lowest BCUT2D eigenvalue weighted by atomic mass is 10.3. The summed E-state index contributed by atoms with van der Waals surface area (Å²) in [7, 11) is 0. The first kappa shape index (κ1) is 21.3. The third-order valence-corrected chi connectivity index (χ3v) is 4.08. The number of amides is 1. The molecule has 3 aromatic rings. The Balaban J connectivity index is 1.53. The summed E-state index contributed by atoms with van der Waals surface area (Å²) in [4.78, 5) is 21.0. The molecule has 1 aromatic heterocycles. The van der Waals surface area contributed by atoms with Gasteiger partial charge in [-0.2, -0.15) is 4.98 Å². The van der Waals surface area contributed by atoms with Crippen LogP contribution >= 0.6 is 34.8 Å². The van der Waals surface area contributed by atoms with Crippen molar-refractivity contribution in [3.63, 3.8) is 0 Å². The largest absolute Gasteiger partial charge is 0.481 e. The molecule has 0 spiro atoms. The van der Waals surface area contributed by atoms with E-state index < -0.39 is 12.0 Å². The van der Waals surface area contributed by atoms with Gasteiger partial charge in [0.15, 0.2) is 11.7 Å². The molecule has 0 saturated heterocycles. The Bertz CT molecular complexity index is 1020. The Morgan fingerprint density at radius 3 is 2.66 bits per heavy atom. The van der Waals surface area contributed by atoms with Crippen molar-refractivity contribution in [1.29, 1.82) is 0 Å². The fraction of sp³-hybridized carbons (Fsp3) is 0.158.